The van der Waals surface area contributed by atoms with Crippen LogP contribution in [0.15, 0.2) is 0 Å². The summed E-state index contributed by atoms with van der Waals surface area (Å²) in [4.78, 5) is 14.2. The molecule has 5 heteroatoms. The second kappa shape index (κ2) is 9.28. The van der Waals surface area contributed by atoms with Crippen LogP contribution in [0.2, 0.25) is 0 Å². The number of hydrogen-bond donors (Lipinski definition) is 2. The first-order chi connectivity index (χ1) is 9.19. The van der Waals surface area contributed by atoms with Crippen LogP contribution in [0.25, 0.3) is 0 Å². The topological polar surface area (TPSA) is 53.6 Å². The molecule has 0 saturated carbocycles. The maximum Gasteiger partial charge on any atom is 0.234 e. The lowest BCUT2D eigenvalue weighted by molar-refractivity contribution is -0.123. The van der Waals surface area contributed by atoms with E-state index in [-0.39, 0.29) is 5.91 Å². The van der Waals surface area contributed by atoms with Gasteiger partial charge in [0.1, 0.15) is 0 Å². The number of amides is 1. The molecule has 112 valence electrons. The number of rotatable bonds is 8. The van der Waals surface area contributed by atoms with Gasteiger partial charge in [-0.3, -0.25) is 9.69 Å². The molecular formula is C14H29N3O2. The molecule has 1 fully saturated rings. The fourth-order valence-electron chi connectivity index (χ4n) is 2.66. The van der Waals surface area contributed by atoms with Gasteiger partial charge in [-0.1, -0.05) is 6.42 Å². The number of piperidine rings is 1. The predicted octanol–water partition coefficient (Wildman–Crippen LogP) is 0.602. The first kappa shape index (κ1) is 16.4. The summed E-state index contributed by atoms with van der Waals surface area (Å²) in [6, 6.07) is 0.907. The van der Waals surface area contributed by atoms with E-state index >= 15 is 0 Å². The molecule has 0 aromatic carbocycles. The molecule has 1 aliphatic rings. The fourth-order valence-corrected chi connectivity index (χ4v) is 2.66. The molecular weight excluding hydrogens is 242 g/mol. The van der Waals surface area contributed by atoms with E-state index in [1.807, 2.05) is 7.05 Å². The van der Waals surface area contributed by atoms with Crippen LogP contribution in [0.3, 0.4) is 0 Å². The fraction of sp³-hybridized carbons (Fsp3) is 0.929. The quantitative estimate of drug-likeness (QED) is 0.635. The Balaban J connectivity index is 2.33. The summed E-state index contributed by atoms with van der Waals surface area (Å²) in [5.74, 6) is 0.131. The highest BCUT2D eigenvalue weighted by Crippen LogP contribution is 2.19. The summed E-state index contributed by atoms with van der Waals surface area (Å²) in [5.41, 5.74) is 0. The molecule has 2 unspecified atom stereocenters. The standard InChI is InChI=1S/C14H29N3O2/c1-12(15-2)13-7-4-5-9-17(13)11-14(18)16-8-6-10-19-3/h12-13,15H,4-11H2,1-3H3,(H,16,18). The highest BCUT2D eigenvalue weighted by Gasteiger charge is 2.27. The number of nitrogens with zero attached hydrogens (tertiary/aromatic N) is 1. The first-order valence-corrected chi connectivity index (χ1v) is 7.36. The summed E-state index contributed by atoms with van der Waals surface area (Å²) >= 11 is 0. The minimum Gasteiger partial charge on any atom is -0.385 e. The molecule has 0 bridgehead atoms. The zero-order valence-corrected chi connectivity index (χ0v) is 12.6. The molecule has 2 atom stereocenters. The molecule has 0 radical (unpaired) electrons. The Kier molecular flexibility index (Phi) is 8.02. The van der Waals surface area contributed by atoms with Crippen LogP contribution in [0.5, 0.6) is 0 Å². The van der Waals surface area contributed by atoms with E-state index in [9.17, 15) is 4.79 Å². The van der Waals surface area contributed by atoms with Crippen molar-refractivity contribution in [3.05, 3.63) is 0 Å². The van der Waals surface area contributed by atoms with Gasteiger partial charge in [0.25, 0.3) is 0 Å². The number of carbonyl (C=O) groups is 1. The van der Waals surface area contributed by atoms with E-state index in [4.69, 9.17) is 4.74 Å². The van der Waals surface area contributed by atoms with Crippen molar-refractivity contribution in [2.24, 2.45) is 0 Å². The summed E-state index contributed by atoms with van der Waals surface area (Å²) in [6.07, 6.45) is 4.52. The summed E-state index contributed by atoms with van der Waals surface area (Å²) in [7, 11) is 3.67. The lowest BCUT2D eigenvalue weighted by atomic mass is 9.96. The monoisotopic (exact) mass is 271 g/mol. The molecule has 5 nitrogen and oxygen atoms in total. The maximum absolute atomic E-state index is 11.9. The number of nitrogens with one attached hydrogen (secondary N) is 2. The van der Waals surface area contributed by atoms with Gasteiger partial charge in [0.15, 0.2) is 0 Å². The molecule has 1 amide bonds. The molecule has 1 heterocycles. The van der Waals surface area contributed by atoms with E-state index in [0.29, 0.717) is 31.8 Å². The van der Waals surface area contributed by atoms with Gasteiger partial charge < -0.3 is 15.4 Å². The Hall–Kier alpha value is -0.650. The molecule has 1 aliphatic heterocycles. The number of likely N-dealkylation sites (tertiary alicyclic amines) is 1. The molecule has 0 aliphatic carbocycles. The van der Waals surface area contributed by atoms with Crippen molar-refractivity contribution >= 4 is 5.91 Å². The van der Waals surface area contributed by atoms with Gasteiger partial charge in [-0.2, -0.15) is 0 Å². The smallest absolute Gasteiger partial charge is 0.234 e. The highest BCUT2D eigenvalue weighted by atomic mass is 16.5. The third-order valence-corrected chi connectivity index (χ3v) is 3.89. The molecule has 0 aromatic rings. The van der Waals surface area contributed by atoms with Crippen molar-refractivity contribution in [3.63, 3.8) is 0 Å². The summed E-state index contributed by atoms with van der Waals surface area (Å²) < 4.78 is 4.97. The Labute approximate surface area is 117 Å². The normalized spacial score (nSPS) is 22.2. The van der Waals surface area contributed by atoms with Crippen LogP contribution in [-0.2, 0) is 9.53 Å². The van der Waals surface area contributed by atoms with Crippen LogP contribution in [0, 0.1) is 0 Å². The maximum atomic E-state index is 11.9. The van der Waals surface area contributed by atoms with Gasteiger partial charge in [-0.15, -0.1) is 0 Å². The Morgan fingerprint density at radius 2 is 2.26 bits per heavy atom. The third kappa shape index (κ3) is 5.89. The molecule has 2 N–H and O–H groups in total. The SMILES string of the molecule is CNC(C)C1CCCCN1CC(=O)NCCCOC. The average molecular weight is 271 g/mol. The highest BCUT2D eigenvalue weighted by molar-refractivity contribution is 5.78. The van der Waals surface area contributed by atoms with E-state index in [1.165, 1.54) is 19.3 Å². The predicted molar refractivity (Wildman–Crippen MR) is 77.2 cm³/mol. The van der Waals surface area contributed by atoms with Crippen LogP contribution >= 0.6 is 0 Å². The minimum absolute atomic E-state index is 0.131. The van der Waals surface area contributed by atoms with Gasteiger partial charge in [0.05, 0.1) is 6.54 Å². The van der Waals surface area contributed by atoms with Crippen molar-refractivity contribution in [1.82, 2.24) is 15.5 Å². The Bertz CT molecular complexity index is 261. The van der Waals surface area contributed by atoms with Gasteiger partial charge >= 0.3 is 0 Å². The second-order valence-corrected chi connectivity index (χ2v) is 5.31. The molecule has 1 rings (SSSR count). The summed E-state index contributed by atoms with van der Waals surface area (Å²) in [6.45, 7) is 5.14. The molecule has 0 spiro atoms. The number of ether oxygens (including phenoxy) is 1. The molecule has 0 aromatic heterocycles. The van der Waals surface area contributed by atoms with Crippen LogP contribution in [0.4, 0.5) is 0 Å². The molecule has 19 heavy (non-hydrogen) atoms. The van der Waals surface area contributed by atoms with Crippen molar-refractivity contribution in [1.29, 1.82) is 0 Å². The van der Waals surface area contributed by atoms with Crippen molar-refractivity contribution in [2.45, 2.75) is 44.7 Å². The average Bonchev–Trinajstić information content (AvgIpc) is 2.43. The van der Waals surface area contributed by atoms with E-state index in [0.717, 1.165) is 13.0 Å². The summed E-state index contributed by atoms with van der Waals surface area (Å²) in [5, 5.41) is 6.27. The lowest BCUT2D eigenvalue weighted by Gasteiger charge is -2.38. The van der Waals surface area contributed by atoms with Gasteiger partial charge in [0, 0.05) is 32.3 Å². The minimum atomic E-state index is 0.131. The Morgan fingerprint density at radius 3 is 2.95 bits per heavy atom. The third-order valence-electron chi connectivity index (χ3n) is 3.89. The van der Waals surface area contributed by atoms with Crippen molar-refractivity contribution in [3.8, 4) is 0 Å². The van der Waals surface area contributed by atoms with Crippen LogP contribution < -0.4 is 10.6 Å². The van der Waals surface area contributed by atoms with Gasteiger partial charge in [0.2, 0.25) is 5.91 Å². The number of hydrogen-bond acceptors (Lipinski definition) is 4. The van der Waals surface area contributed by atoms with Gasteiger partial charge in [-0.05, 0) is 39.8 Å². The number of carbonyl (C=O) groups excluding carboxylic acids is 1. The number of methoxy groups -OCH3 is 1. The van der Waals surface area contributed by atoms with E-state index in [2.05, 4.69) is 22.5 Å². The van der Waals surface area contributed by atoms with Crippen molar-refractivity contribution in [2.75, 3.05) is 40.4 Å². The second-order valence-electron chi connectivity index (χ2n) is 5.31. The largest absolute Gasteiger partial charge is 0.385 e. The first-order valence-electron chi connectivity index (χ1n) is 7.36. The van der Waals surface area contributed by atoms with Crippen LogP contribution in [0.1, 0.15) is 32.6 Å². The van der Waals surface area contributed by atoms with Crippen LogP contribution in [-0.4, -0.2) is 63.3 Å². The molecule has 1 saturated heterocycles. The number of likely N-dealkylation sites (N-methyl/N-ethyl adjacent to an activating group) is 1. The van der Waals surface area contributed by atoms with Gasteiger partial charge in [-0.25, -0.2) is 0 Å². The Morgan fingerprint density at radius 1 is 1.47 bits per heavy atom. The van der Waals surface area contributed by atoms with Crippen molar-refractivity contribution < 1.29 is 9.53 Å². The zero-order chi connectivity index (χ0) is 14.1. The van der Waals surface area contributed by atoms with E-state index in [1.54, 1.807) is 7.11 Å². The zero-order valence-electron chi connectivity index (χ0n) is 12.6. The van der Waals surface area contributed by atoms with E-state index < -0.39 is 0 Å². The lowest BCUT2D eigenvalue weighted by Crippen LogP contribution is -2.53.